The molecule has 31 heavy (non-hydrogen) atoms. The number of likely N-dealkylation sites (tertiary alicyclic amines) is 2. The lowest BCUT2D eigenvalue weighted by Gasteiger charge is -2.34. The van der Waals surface area contributed by atoms with Crippen LogP contribution in [0.3, 0.4) is 0 Å². The van der Waals surface area contributed by atoms with Crippen LogP contribution in [0, 0.1) is 11.8 Å². The third-order valence-corrected chi connectivity index (χ3v) is 7.29. The van der Waals surface area contributed by atoms with Crippen LogP contribution in [0.2, 0.25) is 0 Å². The summed E-state index contributed by atoms with van der Waals surface area (Å²) in [5.41, 5.74) is 0.742. The van der Waals surface area contributed by atoms with Gasteiger partial charge in [-0.1, -0.05) is 19.3 Å². The lowest BCUT2D eigenvalue weighted by Crippen LogP contribution is -2.42. The first kappa shape index (κ1) is 22.2. The van der Waals surface area contributed by atoms with Gasteiger partial charge in [0.15, 0.2) is 0 Å². The minimum absolute atomic E-state index is 0.130. The molecule has 3 aliphatic rings. The first-order valence-electron chi connectivity index (χ1n) is 12.5. The Morgan fingerprint density at radius 2 is 1.42 bits per heavy atom. The maximum atomic E-state index is 12.8. The highest BCUT2D eigenvalue weighted by molar-refractivity contribution is 5.94. The molecule has 1 saturated carbocycles. The summed E-state index contributed by atoms with van der Waals surface area (Å²) in [4.78, 5) is 29.4. The highest BCUT2D eigenvalue weighted by Gasteiger charge is 2.26. The van der Waals surface area contributed by atoms with E-state index in [2.05, 4.69) is 4.90 Å². The number of amides is 2. The number of rotatable bonds is 6. The zero-order chi connectivity index (χ0) is 21.5. The summed E-state index contributed by atoms with van der Waals surface area (Å²) in [6.45, 7) is 4.09. The highest BCUT2D eigenvalue weighted by atomic mass is 16.5. The van der Waals surface area contributed by atoms with Crippen LogP contribution >= 0.6 is 0 Å². The van der Waals surface area contributed by atoms with Crippen LogP contribution in [0.25, 0.3) is 0 Å². The van der Waals surface area contributed by atoms with Crippen LogP contribution in [0.4, 0.5) is 0 Å². The summed E-state index contributed by atoms with van der Waals surface area (Å²) in [6, 6.07) is 7.58. The average molecular weight is 427 g/mol. The standard InChI is InChI=1S/C26H38N2O3/c29-25(18-21-8-3-1-4-9-21)28-17-7-10-22(19-28)20-31-24-13-11-23(12-14-24)26(30)27-15-5-2-6-16-27/h11-14,21-22H,1-10,15-20H2/t22-/m0/s1. The van der Waals surface area contributed by atoms with Gasteiger partial charge in [0.2, 0.25) is 5.91 Å². The highest BCUT2D eigenvalue weighted by Crippen LogP contribution is 2.28. The van der Waals surface area contributed by atoms with E-state index in [0.717, 1.165) is 69.6 Å². The molecule has 3 fully saturated rings. The summed E-state index contributed by atoms with van der Waals surface area (Å²) in [5, 5.41) is 0. The van der Waals surface area contributed by atoms with E-state index >= 15 is 0 Å². The van der Waals surface area contributed by atoms with E-state index in [1.54, 1.807) is 0 Å². The van der Waals surface area contributed by atoms with E-state index in [4.69, 9.17) is 4.74 Å². The molecule has 5 nitrogen and oxygen atoms in total. The fourth-order valence-electron chi connectivity index (χ4n) is 5.38. The van der Waals surface area contributed by atoms with Crippen molar-refractivity contribution < 1.29 is 14.3 Å². The lowest BCUT2D eigenvalue weighted by molar-refractivity contribution is -0.134. The van der Waals surface area contributed by atoms with Gasteiger partial charge in [-0.15, -0.1) is 0 Å². The zero-order valence-corrected chi connectivity index (χ0v) is 18.9. The molecule has 0 unspecified atom stereocenters. The molecule has 5 heteroatoms. The largest absolute Gasteiger partial charge is 0.493 e. The van der Waals surface area contributed by atoms with Crippen molar-refractivity contribution >= 4 is 11.8 Å². The van der Waals surface area contributed by atoms with Gasteiger partial charge in [0.05, 0.1) is 6.61 Å². The Morgan fingerprint density at radius 3 is 2.16 bits per heavy atom. The molecule has 0 radical (unpaired) electrons. The van der Waals surface area contributed by atoms with Gasteiger partial charge >= 0.3 is 0 Å². The van der Waals surface area contributed by atoms with Gasteiger partial charge in [0.1, 0.15) is 5.75 Å². The van der Waals surface area contributed by atoms with Crippen molar-refractivity contribution in [1.82, 2.24) is 9.80 Å². The van der Waals surface area contributed by atoms with Gasteiger partial charge in [0.25, 0.3) is 5.91 Å². The number of piperidine rings is 2. The number of hydrogen-bond donors (Lipinski definition) is 0. The molecular weight excluding hydrogens is 388 g/mol. The molecule has 1 aromatic carbocycles. The van der Waals surface area contributed by atoms with E-state index in [9.17, 15) is 9.59 Å². The molecule has 1 aliphatic carbocycles. The van der Waals surface area contributed by atoms with E-state index in [1.807, 2.05) is 29.2 Å². The smallest absolute Gasteiger partial charge is 0.253 e. The van der Waals surface area contributed by atoms with Crippen molar-refractivity contribution in [2.45, 2.75) is 70.6 Å². The second-order valence-electron chi connectivity index (χ2n) is 9.74. The average Bonchev–Trinajstić information content (AvgIpc) is 2.84. The van der Waals surface area contributed by atoms with Crippen molar-refractivity contribution in [3.05, 3.63) is 29.8 Å². The third-order valence-electron chi connectivity index (χ3n) is 7.29. The van der Waals surface area contributed by atoms with Crippen LogP contribution < -0.4 is 4.74 Å². The second kappa shape index (κ2) is 11.0. The normalized spacial score (nSPS) is 22.9. The zero-order valence-electron chi connectivity index (χ0n) is 18.9. The van der Waals surface area contributed by atoms with Gasteiger partial charge in [-0.05, 0) is 75.1 Å². The Morgan fingerprint density at radius 1 is 0.774 bits per heavy atom. The molecule has 1 aromatic rings. The molecule has 2 aliphatic heterocycles. The molecule has 2 amide bonds. The van der Waals surface area contributed by atoms with E-state index in [1.165, 1.54) is 38.5 Å². The van der Waals surface area contributed by atoms with Crippen molar-refractivity contribution in [2.24, 2.45) is 11.8 Å². The van der Waals surface area contributed by atoms with Crippen LogP contribution in [0.5, 0.6) is 5.75 Å². The lowest BCUT2D eigenvalue weighted by atomic mass is 9.86. The number of benzene rings is 1. The molecule has 4 rings (SSSR count). The van der Waals surface area contributed by atoms with E-state index in [-0.39, 0.29) is 5.91 Å². The SMILES string of the molecule is O=C(CC1CCCCC1)N1CCC[C@H](COc2ccc(C(=O)N3CCCCC3)cc2)C1. The number of carbonyl (C=O) groups excluding carboxylic acids is 2. The molecule has 0 N–H and O–H groups in total. The Labute approximate surface area is 187 Å². The van der Waals surface area contributed by atoms with Crippen molar-refractivity contribution in [3.63, 3.8) is 0 Å². The predicted octanol–water partition coefficient (Wildman–Crippen LogP) is 4.90. The topological polar surface area (TPSA) is 49.9 Å². The Hall–Kier alpha value is -2.04. The maximum absolute atomic E-state index is 12.8. The molecule has 2 heterocycles. The molecular formula is C26H38N2O3. The molecule has 0 bridgehead atoms. The first-order chi connectivity index (χ1) is 15.2. The first-order valence-corrected chi connectivity index (χ1v) is 12.5. The molecule has 170 valence electrons. The Kier molecular flexibility index (Phi) is 7.87. The quantitative estimate of drug-likeness (QED) is 0.650. The summed E-state index contributed by atoms with van der Waals surface area (Å²) in [6.07, 6.45) is 12.7. The second-order valence-corrected chi connectivity index (χ2v) is 9.74. The molecule has 0 spiro atoms. The molecule has 1 atom stereocenters. The van der Waals surface area contributed by atoms with Crippen molar-refractivity contribution in [3.8, 4) is 5.75 Å². The summed E-state index contributed by atoms with van der Waals surface area (Å²) < 4.78 is 6.04. The summed E-state index contributed by atoms with van der Waals surface area (Å²) in [5.74, 6) is 2.27. The number of carbonyl (C=O) groups is 2. The summed E-state index contributed by atoms with van der Waals surface area (Å²) >= 11 is 0. The molecule has 2 saturated heterocycles. The Bertz CT molecular complexity index is 721. The number of nitrogens with zero attached hydrogens (tertiary/aromatic N) is 2. The van der Waals surface area contributed by atoms with Gasteiger partial charge in [0, 0.05) is 44.1 Å². The summed E-state index contributed by atoms with van der Waals surface area (Å²) in [7, 11) is 0. The van der Waals surface area contributed by atoms with Crippen molar-refractivity contribution in [1.29, 1.82) is 0 Å². The minimum atomic E-state index is 0.130. The number of hydrogen-bond acceptors (Lipinski definition) is 3. The fourth-order valence-corrected chi connectivity index (χ4v) is 5.38. The predicted molar refractivity (Wildman–Crippen MR) is 122 cm³/mol. The number of ether oxygens (including phenoxy) is 1. The van der Waals surface area contributed by atoms with Crippen LogP contribution in [0.1, 0.15) is 81.0 Å². The van der Waals surface area contributed by atoms with Gasteiger partial charge < -0.3 is 14.5 Å². The Balaban J connectivity index is 1.23. The van der Waals surface area contributed by atoms with Gasteiger partial charge in [-0.3, -0.25) is 9.59 Å². The van der Waals surface area contributed by atoms with Crippen LogP contribution in [0.15, 0.2) is 24.3 Å². The fraction of sp³-hybridized carbons (Fsp3) is 0.692. The monoisotopic (exact) mass is 426 g/mol. The third kappa shape index (κ3) is 6.24. The van der Waals surface area contributed by atoms with E-state index < -0.39 is 0 Å². The van der Waals surface area contributed by atoms with Gasteiger partial charge in [-0.25, -0.2) is 0 Å². The minimum Gasteiger partial charge on any atom is -0.493 e. The van der Waals surface area contributed by atoms with E-state index in [0.29, 0.717) is 24.3 Å². The maximum Gasteiger partial charge on any atom is 0.253 e. The molecule has 0 aromatic heterocycles. The van der Waals surface area contributed by atoms with Crippen molar-refractivity contribution in [2.75, 3.05) is 32.8 Å². The van der Waals surface area contributed by atoms with Gasteiger partial charge in [-0.2, -0.15) is 0 Å². The van der Waals surface area contributed by atoms with Crippen LogP contribution in [-0.2, 0) is 4.79 Å². The van der Waals surface area contributed by atoms with Crippen LogP contribution in [-0.4, -0.2) is 54.4 Å².